The van der Waals surface area contributed by atoms with Gasteiger partial charge in [-0.05, 0) is 31.4 Å². The maximum Gasteiger partial charge on any atom is 0.339 e. The van der Waals surface area contributed by atoms with E-state index in [1.54, 1.807) is 6.07 Å². The van der Waals surface area contributed by atoms with Gasteiger partial charge in [0.15, 0.2) is 0 Å². The van der Waals surface area contributed by atoms with E-state index in [0.717, 1.165) is 19.3 Å². The van der Waals surface area contributed by atoms with Crippen LogP contribution in [-0.2, 0) is 9.53 Å². The van der Waals surface area contributed by atoms with Crippen molar-refractivity contribution in [2.24, 2.45) is 0 Å². The lowest BCUT2D eigenvalue weighted by Gasteiger charge is -2.22. The number of anilines is 1. The van der Waals surface area contributed by atoms with Crippen molar-refractivity contribution in [1.82, 2.24) is 0 Å². The highest BCUT2D eigenvalue weighted by atomic mass is 35.5. The summed E-state index contributed by atoms with van der Waals surface area (Å²) >= 11 is 5.84. The molecular formula is C14H16ClNO4. The summed E-state index contributed by atoms with van der Waals surface area (Å²) in [5.41, 5.74) is 0.123. The predicted octanol–water partition coefficient (Wildman–Crippen LogP) is 2.94. The van der Waals surface area contributed by atoms with Crippen molar-refractivity contribution in [2.45, 2.75) is 31.8 Å². The first-order chi connectivity index (χ1) is 9.58. The molecule has 0 aliphatic carbocycles. The summed E-state index contributed by atoms with van der Waals surface area (Å²) in [6.45, 7) is 0.676. The van der Waals surface area contributed by atoms with Gasteiger partial charge < -0.3 is 15.2 Å². The fourth-order valence-electron chi connectivity index (χ4n) is 2.22. The molecular weight excluding hydrogens is 282 g/mol. The van der Waals surface area contributed by atoms with Gasteiger partial charge in [-0.25, -0.2) is 4.79 Å². The second kappa shape index (κ2) is 6.72. The summed E-state index contributed by atoms with van der Waals surface area (Å²) in [5.74, 6) is -1.43. The first-order valence-corrected chi connectivity index (χ1v) is 6.89. The molecule has 0 bridgehead atoms. The van der Waals surface area contributed by atoms with E-state index < -0.39 is 5.97 Å². The zero-order valence-corrected chi connectivity index (χ0v) is 11.7. The summed E-state index contributed by atoms with van der Waals surface area (Å²) in [5, 5.41) is 11.8. The minimum absolute atomic E-state index is 0.0868. The Bertz CT molecular complexity index is 512. The monoisotopic (exact) mass is 297 g/mol. The lowest BCUT2D eigenvalue weighted by molar-refractivity contribution is -0.119. The number of benzene rings is 1. The topological polar surface area (TPSA) is 75.6 Å². The standard InChI is InChI=1S/C14H16ClNO4/c15-10-5-3-6-11(13(10)14(18)19)16-12(17)8-9-4-1-2-7-20-9/h3,5-6,9H,1-2,4,7-8H2,(H,16,17)(H,18,19). The second-order valence-electron chi connectivity index (χ2n) is 4.71. The van der Waals surface area contributed by atoms with E-state index in [0.29, 0.717) is 6.61 Å². The van der Waals surface area contributed by atoms with Gasteiger partial charge in [-0.2, -0.15) is 0 Å². The number of hydrogen-bond acceptors (Lipinski definition) is 3. The third-order valence-electron chi connectivity index (χ3n) is 3.19. The van der Waals surface area contributed by atoms with Gasteiger partial charge in [0.05, 0.1) is 23.2 Å². The molecule has 0 aromatic heterocycles. The number of carbonyl (C=O) groups excluding carboxylic acids is 1. The lowest BCUT2D eigenvalue weighted by Crippen LogP contribution is -2.26. The van der Waals surface area contributed by atoms with E-state index >= 15 is 0 Å². The van der Waals surface area contributed by atoms with Gasteiger partial charge in [0, 0.05) is 6.61 Å². The third kappa shape index (κ3) is 3.71. The fraction of sp³-hybridized carbons (Fsp3) is 0.429. The smallest absolute Gasteiger partial charge is 0.339 e. The van der Waals surface area contributed by atoms with E-state index in [9.17, 15) is 9.59 Å². The SMILES string of the molecule is O=C(CC1CCCCO1)Nc1cccc(Cl)c1C(=O)O. The molecule has 6 heteroatoms. The molecule has 108 valence electrons. The van der Waals surface area contributed by atoms with Crippen LogP contribution in [0, 0.1) is 0 Å². The number of halogens is 1. The van der Waals surface area contributed by atoms with Gasteiger partial charge in [-0.3, -0.25) is 4.79 Å². The average molecular weight is 298 g/mol. The number of hydrogen-bond donors (Lipinski definition) is 2. The zero-order chi connectivity index (χ0) is 14.5. The highest BCUT2D eigenvalue weighted by molar-refractivity contribution is 6.34. The molecule has 2 rings (SSSR count). The number of carboxylic acid groups (broad SMARTS) is 1. The van der Waals surface area contributed by atoms with Gasteiger partial charge in [0.25, 0.3) is 0 Å². The number of amides is 1. The van der Waals surface area contributed by atoms with Crippen LogP contribution in [0.1, 0.15) is 36.0 Å². The molecule has 0 radical (unpaired) electrons. The van der Waals surface area contributed by atoms with Gasteiger partial charge in [-0.15, -0.1) is 0 Å². The molecule has 1 heterocycles. The number of carboxylic acids is 1. The zero-order valence-electron chi connectivity index (χ0n) is 10.9. The van der Waals surface area contributed by atoms with Gasteiger partial charge in [0.2, 0.25) is 5.91 Å². The highest BCUT2D eigenvalue weighted by Gasteiger charge is 2.20. The molecule has 1 aliphatic heterocycles. The Balaban J connectivity index is 2.04. The largest absolute Gasteiger partial charge is 0.478 e. The number of nitrogens with one attached hydrogen (secondary N) is 1. The molecule has 0 saturated carbocycles. The number of carbonyl (C=O) groups is 2. The van der Waals surface area contributed by atoms with E-state index in [2.05, 4.69) is 5.32 Å². The van der Waals surface area contributed by atoms with Crippen LogP contribution in [0.5, 0.6) is 0 Å². The Hall–Kier alpha value is -1.59. The number of aromatic carboxylic acids is 1. The maximum absolute atomic E-state index is 11.9. The molecule has 1 aromatic rings. The molecule has 1 saturated heterocycles. The summed E-state index contributed by atoms with van der Waals surface area (Å²) in [7, 11) is 0. The van der Waals surface area contributed by atoms with Crippen molar-refractivity contribution >= 4 is 29.2 Å². The van der Waals surface area contributed by atoms with Crippen LogP contribution in [0.4, 0.5) is 5.69 Å². The number of ether oxygens (including phenoxy) is 1. The van der Waals surface area contributed by atoms with Crippen LogP contribution >= 0.6 is 11.6 Å². The van der Waals surface area contributed by atoms with Crippen molar-refractivity contribution < 1.29 is 19.4 Å². The minimum atomic E-state index is -1.17. The molecule has 0 spiro atoms. The fourth-order valence-corrected chi connectivity index (χ4v) is 2.48. The molecule has 1 fully saturated rings. The first-order valence-electron chi connectivity index (χ1n) is 6.51. The minimum Gasteiger partial charge on any atom is -0.478 e. The molecule has 1 atom stereocenters. The molecule has 1 amide bonds. The Labute approximate surface area is 121 Å². The number of rotatable bonds is 4. The molecule has 5 nitrogen and oxygen atoms in total. The molecule has 1 aliphatic rings. The van der Waals surface area contributed by atoms with Crippen LogP contribution in [0.2, 0.25) is 5.02 Å². The van der Waals surface area contributed by atoms with Crippen LogP contribution in [-0.4, -0.2) is 29.7 Å². The van der Waals surface area contributed by atoms with Crippen molar-refractivity contribution in [3.05, 3.63) is 28.8 Å². The highest BCUT2D eigenvalue weighted by Crippen LogP contribution is 2.25. The van der Waals surface area contributed by atoms with Crippen molar-refractivity contribution in [3.8, 4) is 0 Å². The second-order valence-corrected chi connectivity index (χ2v) is 5.12. The predicted molar refractivity (Wildman–Crippen MR) is 75.2 cm³/mol. The molecule has 1 aromatic carbocycles. The Morgan fingerprint density at radius 2 is 2.20 bits per heavy atom. The Kier molecular flexibility index (Phi) is 4.98. The maximum atomic E-state index is 11.9. The molecule has 2 N–H and O–H groups in total. The van der Waals surface area contributed by atoms with Crippen molar-refractivity contribution in [1.29, 1.82) is 0 Å². The van der Waals surface area contributed by atoms with Crippen LogP contribution in [0.3, 0.4) is 0 Å². The summed E-state index contributed by atoms with van der Waals surface area (Å²) in [6, 6.07) is 4.60. The summed E-state index contributed by atoms with van der Waals surface area (Å²) in [4.78, 5) is 23.1. The van der Waals surface area contributed by atoms with E-state index in [1.165, 1.54) is 12.1 Å². The Morgan fingerprint density at radius 1 is 1.40 bits per heavy atom. The van der Waals surface area contributed by atoms with Crippen LogP contribution < -0.4 is 5.32 Å². The van der Waals surface area contributed by atoms with E-state index in [-0.39, 0.29) is 34.7 Å². The third-order valence-corrected chi connectivity index (χ3v) is 3.50. The molecule has 20 heavy (non-hydrogen) atoms. The quantitative estimate of drug-likeness (QED) is 0.896. The summed E-state index contributed by atoms with van der Waals surface area (Å²) < 4.78 is 5.48. The lowest BCUT2D eigenvalue weighted by atomic mass is 10.1. The van der Waals surface area contributed by atoms with Crippen molar-refractivity contribution in [3.63, 3.8) is 0 Å². The first kappa shape index (κ1) is 14.8. The summed E-state index contributed by atoms with van der Waals surface area (Å²) in [6.07, 6.45) is 3.07. The van der Waals surface area contributed by atoms with Gasteiger partial charge in [-0.1, -0.05) is 17.7 Å². The van der Waals surface area contributed by atoms with Crippen LogP contribution in [0.15, 0.2) is 18.2 Å². The van der Waals surface area contributed by atoms with E-state index in [4.69, 9.17) is 21.4 Å². The van der Waals surface area contributed by atoms with Gasteiger partial charge >= 0.3 is 5.97 Å². The molecule has 1 unspecified atom stereocenters. The Morgan fingerprint density at radius 3 is 2.85 bits per heavy atom. The van der Waals surface area contributed by atoms with E-state index in [1.807, 2.05) is 0 Å². The average Bonchev–Trinajstić information content (AvgIpc) is 2.39. The van der Waals surface area contributed by atoms with Crippen molar-refractivity contribution in [2.75, 3.05) is 11.9 Å². The van der Waals surface area contributed by atoms with Gasteiger partial charge in [0.1, 0.15) is 5.56 Å². The van der Waals surface area contributed by atoms with Crippen LogP contribution in [0.25, 0.3) is 0 Å². The normalized spacial score (nSPS) is 18.6.